The molecule has 3 amide bonds. The van der Waals surface area contributed by atoms with E-state index in [1.54, 1.807) is 45.0 Å². The summed E-state index contributed by atoms with van der Waals surface area (Å²) >= 11 is 0. The first-order valence-electron chi connectivity index (χ1n) is 9.01. The Bertz CT molecular complexity index is 862. The second-order valence-corrected chi connectivity index (χ2v) is 7.27. The molecule has 0 aliphatic rings. The minimum atomic E-state index is -0.962. The summed E-state index contributed by atoms with van der Waals surface area (Å²) < 4.78 is 10.2. The molecular formula is C21H25N3O5. The number of carbonyl (C=O) groups is 3. The van der Waals surface area contributed by atoms with E-state index in [9.17, 15) is 14.4 Å². The molecule has 29 heavy (non-hydrogen) atoms. The second kappa shape index (κ2) is 9.70. The first-order chi connectivity index (χ1) is 13.7. The van der Waals surface area contributed by atoms with Gasteiger partial charge >= 0.3 is 12.2 Å². The van der Waals surface area contributed by atoms with Gasteiger partial charge in [-0.3, -0.25) is 4.79 Å². The molecule has 3 N–H and O–H groups in total. The van der Waals surface area contributed by atoms with Gasteiger partial charge in [0.2, 0.25) is 0 Å². The molecule has 0 radical (unpaired) electrons. The molecule has 0 saturated carbocycles. The van der Waals surface area contributed by atoms with Crippen molar-refractivity contribution in [2.75, 3.05) is 0 Å². The molecule has 0 unspecified atom stereocenters. The van der Waals surface area contributed by atoms with Gasteiger partial charge in [-0.25, -0.2) is 15.4 Å². The molecule has 0 aliphatic carbocycles. The van der Waals surface area contributed by atoms with E-state index in [1.807, 2.05) is 18.2 Å². The molecule has 0 saturated heterocycles. The van der Waals surface area contributed by atoms with Gasteiger partial charge in [-0.2, -0.15) is 5.01 Å². The van der Waals surface area contributed by atoms with E-state index >= 15 is 0 Å². The van der Waals surface area contributed by atoms with Gasteiger partial charge in [0, 0.05) is 12.1 Å². The summed E-state index contributed by atoms with van der Waals surface area (Å²) in [7, 11) is 0. The number of nitrogens with two attached hydrogens (primary N) is 1. The van der Waals surface area contributed by atoms with Crippen molar-refractivity contribution < 1.29 is 23.9 Å². The summed E-state index contributed by atoms with van der Waals surface area (Å²) in [6.45, 7) is 5.44. The monoisotopic (exact) mass is 399 g/mol. The number of nitrogens with one attached hydrogen (secondary N) is 1. The van der Waals surface area contributed by atoms with E-state index in [1.165, 1.54) is 12.1 Å². The van der Waals surface area contributed by atoms with Crippen LogP contribution >= 0.6 is 0 Å². The topological polar surface area (TPSA) is 111 Å². The number of hydrogen-bond donors (Lipinski definition) is 2. The van der Waals surface area contributed by atoms with Crippen LogP contribution in [0.4, 0.5) is 9.59 Å². The van der Waals surface area contributed by atoms with Gasteiger partial charge < -0.3 is 14.8 Å². The number of rotatable bonds is 5. The molecule has 0 spiro atoms. The summed E-state index contributed by atoms with van der Waals surface area (Å²) in [5.41, 5.74) is 1.000. The zero-order valence-corrected chi connectivity index (χ0v) is 16.7. The first-order valence-corrected chi connectivity index (χ1v) is 9.01. The van der Waals surface area contributed by atoms with Crippen LogP contribution in [0.1, 0.15) is 42.3 Å². The molecule has 0 bridgehead atoms. The van der Waals surface area contributed by atoms with Crippen molar-refractivity contribution in [3.63, 3.8) is 0 Å². The van der Waals surface area contributed by atoms with E-state index in [2.05, 4.69) is 5.32 Å². The average Bonchev–Trinajstić information content (AvgIpc) is 2.69. The third-order valence-electron chi connectivity index (χ3n) is 3.63. The highest BCUT2D eigenvalue weighted by Gasteiger charge is 2.21. The van der Waals surface area contributed by atoms with Gasteiger partial charge in [0.05, 0.1) is 0 Å². The molecule has 8 nitrogen and oxygen atoms in total. The fraction of sp³-hybridized carbons (Fsp3) is 0.286. The maximum absolute atomic E-state index is 12.5. The molecule has 0 atom stereocenters. The van der Waals surface area contributed by atoms with E-state index < -0.39 is 23.7 Å². The Morgan fingerprint density at radius 2 is 1.66 bits per heavy atom. The normalized spacial score (nSPS) is 10.8. The number of ether oxygens (including phenoxy) is 2. The van der Waals surface area contributed by atoms with Crippen LogP contribution in [0.25, 0.3) is 0 Å². The predicted molar refractivity (Wildman–Crippen MR) is 106 cm³/mol. The minimum Gasteiger partial charge on any atom is -0.444 e. The summed E-state index contributed by atoms with van der Waals surface area (Å²) in [5, 5.41) is 3.02. The van der Waals surface area contributed by atoms with Gasteiger partial charge in [-0.1, -0.05) is 42.5 Å². The van der Waals surface area contributed by atoms with Gasteiger partial charge in [0.1, 0.15) is 12.2 Å². The summed E-state index contributed by atoms with van der Waals surface area (Å²) in [6, 6.07) is 15.4. The molecule has 2 aromatic rings. The molecule has 154 valence electrons. The van der Waals surface area contributed by atoms with Crippen molar-refractivity contribution in [2.24, 2.45) is 5.84 Å². The van der Waals surface area contributed by atoms with Crippen LogP contribution in [0.5, 0.6) is 0 Å². The molecule has 8 heteroatoms. The fourth-order valence-electron chi connectivity index (χ4n) is 2.31. The van der Waals surface area contributed by atoms with Crippen molar-refractivity contribution in [3.05, 3.63) is 71.3 Å². The van der Waals surface area contributed by atoms with Crippen LogP contribution in [0.3, 0.4) is 0 Å². The molecular weight excluding hydrogens is 374 g/mol. The smallest absolute Gasteiger partial charge is 0.431 e. The summed E-state index contributed by atoms with van der Waals surface area (Å²) in [6.07, 6.45) is -1.53. The number of alkyl carbamates (subject to hydrolysis) is 1. The number of hydrazine groups is 1. The van der Waals surface area contributed by atoms with Gasteiger partial charge in [-0.05, 0) is 44.0 Å². The van der Waals surface area contributed by atoms with Crippen LogP contribution < -0.4 is 11.2 Å². The molecule has 0 heterocycles. The van der Waals surface area contributed by atoms with Crippen LogP contribution in [-0.2, 0) is 22.6 Å². The van der Waals surface area contributed by atoms with Crippen molar-refractivity contribution in [1.29, 1.82) is 0 Å². The SMILES string of the molecule is CC(C)(C)OC(=O)NCc1cccc(C(=O)N(N)C(=O)OCc2ccccc2)c1. The van der Waals surface area contributed by atoms with Crippen molar-refractivity contribution in [3.8, 4) is 0 Å². The number of imide groups is 1. The molecule has 0 fully saturated rings. The lowest BCUT2D eigenvalue weighted by Gasteiger charge is -2.19. The van der Waals surface area contributed by atoms with Crippen molar-refractivity contribution in [1.82, 2.24) is 10.3 Å². The highest BCUT2D eigenvalue weighted by Crippen LogP contribution is 2.10. The van der Waals surface area contributed by atoms with E-state index in [4.69, 9.17) is 15.3 Å². The third kappa shape index (κ3) is 7.27. The number of hydrogen-bond acceptors (Lipinski definition) is 6. The van der Waals surface area contributed by atoms with Gasteiger partial charge in [0.15, 0.2) is 0 Å². The number of amides is 3. The zero-order chi connectivity index (χ0) is 21.4. The molecule has 2 rings (SSSR count). The highest BCUT2D eigenvalue weighted by molar-refractivity contribution is 6.02. The Balaban J connectivity index is 1.93. The number of nitrogens with zero attached hydrogens (tertiary/aromatic N) is 1. The predicted octanol–water partition coefficient (Wildman–Crippen LogP) is 3.36. The highest BCUT2D eigenvalue weighted by atomic mass is 16.6. The Hall–Kier alpha value is -3.39. The van der Waals surface area contributed by atoms with Crippen molar-refractivity contribution in [2.45, 2.75) is 39.5 Å². The standard InChI is InChI=1S/C21H25N3O5/c1-21(2,3)29-19(26)23-13-16-10-7-11-17(12-16)18(25)24(22)20(27)28-14-15-8-5-4-6-9-15/h4-12H,13-14,22H2,1-3H3,(H,23,26). The lowest BCUT2D eigenvalue weighted by atomic mass is 10.1. The van der Waals surface area contributed by atoms with Crippen LogP contribution in [-0.4, -0.2) is 28.7 Å². The third-order valence-corrected chi connectivity index (χ3v) is 3.63. The zero-order valence-electron chi connectivity index (χ0n) is 16.7. The molecule has 0 aliphatic heterocycles. The van der Waals surface area contributed by atoms with Crippen molar-refractivity contribution >= 4 is 18.1 Å². The average molecular weight is 399 g/mol. The first kappa shape index (κ1) is 21.9. The minimum absolute atomic E-state index is 0.000497. The molecule has 2 aromatic carbocycles. The largest absolute Gasteiger partial charge is 0.444 e. The van der Waals surface area contributed by atoms with E-state index in [-0.39, 0.29) is 18.7 Å². The molecule has 0 aromatic heterocycles. The Labute approximate surface area is 169 Å². The lowest BCUT2D eigenvalue weighted by molar-refractivity contribution is 0.0523. The quantitative estimate of drug-likeness (QED) is 0.453. The lowest BCUT2D eigenvalue weighted by Crippen LogP contribution is -2.42. The van der Waals surface area contributed by atoms with Gasteiger partial charge in [-0.15, -0.1) is 0 Å². The fourth-order valence-corrected chi connectivity index (χ4v) is 2.31. The second-order valence-electron chi connectivity index (χ2n) is 7.27. The Morgan fingerprint density at radius 1 is 1.00 bits per heavy atom. The van der Waals surface area contributed by atoms with Gasteiger partial charge in [0.25, 0.3) is 5.91 Å². The Morgan fingerprint density at radius 3 is 2.31 bits per heavy atom. The van der Waals surface area contributed by atoms with Crippen LogP contribution in [0.2, 0.25) is 0 Å². The number of benzene rings is 2. The van der Waals surface area contributed by atoms with Crippen LogP contribution in [0, 0.1) is 0 Å². The van der Waals surface area contributed by atoms with E-state index in [0.717, 1.165) is 5.56 Å². The summed E-state index contributed by atoms with van der Waals surface area (Å²) in [4.78, 5) is 36.3. The van der Waals surface area contributed by atoms with E-state index in [0.29, 0.717) is 10.6 Å². The maximum atomic E-state index is 12.5. The maximum Gasteiger partial charge on any atom is 0.431 e. The number of carbonyl (C=O) groups excluding carboxylic acids is 3. The van der Waals surface area contributed by atoms with Crippen LogP contribution in [0.15, 0.2) is 54.6 Å². The summed E-state index contributed by atoms with van der Waals surface area (Å²) in [5.74, 6) is 4.90. The Kier molecular flexibility index (Phi) is 7.33.